The first-order valence-electron chi connectivity index (χ1n) is 18.8. The van der Waals surface area contributed by atoms with E-state index in [1.165, 1.54) is 38.2 Å². The molecule has 0 unspecified atom stereocenters. The van der Waals surface area contributed by atoms with E-state index < -0.39 is 0 Å². The van der Waals surface area contributed by atoms with Gasteiger partial charge in [0, 0.05) is 10.8 Å². The number of rotatable bonds is 5. The van der Waals surface area contributed by atoms with Crippen molar-refractivity contribution < 1.29 is 0 Å². The van der Waals surface area contributed by atoms with Crippen LogP contribution in [0.25, 0.3) is 93.5 Å². The van der Waals surface area contributed by atoms with E-state index in [0.717, 1.165) is 55.3 Å². The molecule has 1 aromatic heterocycles. The number of fused-ring (bicyclic) bond motifs is 5. The Balaban J connectivity index is 1.04. The van der Waals surface area contributed by atoms with Gasteiger partial charge in [0.1, 0.15) is 6.07 Å². The highest BCUT2D eigenvalue weighted by molar-refractivity contribution is 6.21. The molecule has 0 aliphatic rings. The standard InChI is InChI=1S/C53H30N4/c54-31-34-17-24-50-47(27-34)48-28-35(32-55)18-25-51(48)57(50)49-26-23-40(30-42(49)33-56)37-21-19-36(20-22-37)39-11-8-12-41(29-39)53-45-15-6-4-13-43(45)52(38-9-2-1-3-10-38)44-14-5-7-16-46(44)53/h1-30H. The average Bonchev–Trinajstić information content (AvgIpc) is 3.60. The van der Waals surface area contributed by atoms with Crippen molar-refractivity contribution in [1.29, 1.82) is 15.8 Å². The highest BCUT2D eigenvalue weighted by Gasteiger charge is 2.19. The molecule has 10 rings (SSSR count). The molecular formula is C53H30N4. The molecule has 0 aliphatic carbocycles. The van der Waals surface area contributed by atoms with E-state index in [4.69, 9.17) is 0 Å². The zero-order valence-corrected chi connectivity index (χ0v) is 30.6. The molecule has 0 N–H and O–H groups in total. The molecule has 0 aliphatic heterocycles. The van der Waals surface area contributed by atoms with E-state index >= 15 is 0 Å². The monoisotopic (exact) mass is 722 g/mol. The van der Waals surface area contributed by atoms with Gasteiger partial charge in [-0.05, 0) is 121 Å². The Morgan fingerprint density at radius 1 is 0.316 bits per heavy atom. The lowest BCUT2D eigenvalue weighted by Crippen LogP contribution is -1.98. The van der Waals surface area contributed by atoms with Crippen LogP contribution < -0.4 is 0 Å². The number of aromatic nitrogens is 1. The Labute approximate surface area is 329 Å². The quantitative estimate of drug-likeness (QED) is 0.166. The zero-order valence-electron chi connectivity index (χ0n) is 30.6. The van der Waals surface area contributed by atoms with Gasteiger partial charge in [0.25, 0.3) is 0 Å². The highest BCUT2D eigenvalue weighted by Crippen LogP contribution is 2.44. The van der Waals surface area contributed by atoms with E-state index in [9.17, 15) is 15.8 Å². The van der Waals surface area contributed by atoms with E-state index in [0.29, 0.717) is 16.7 Å². The Morgan fingerprint density at radius 3 is 1.30 bits per heavy atom. The maximum atomic E-state index is 10.5. The number of hydrogen-bond donors (Lipinski definition) is 0. The fourth-order valence-electron chi connectivity index (χ4n) is 8.49. The number of nitrogens with zero attached hydrogens (tertiary/aromatic N) is 4. The SMILES string of the molecule is N#Cc1ccc2c(c1)c1cc(C#N)ccc1n2-c1ccc(-c2ccc(-c3cccc(-c4c5ccccc5c(-c5ccccc5)c5ccccc45)c3)cc2)cc1C#N. The van der Waals surface area contributed by atoms with Gasteiger partial charge in [-0.15, -0.1) is 0 Å². The molecular weight excluding hydrogens is 693 g/mol. The Morgan fingerprint density at radius 2 is 0.772 bits per heavy atom. The molecule has 0 bridgehead atoms. The number of hydrogen-bond acceptors (Lipinski definition) is 3. The van der Waals surface area contributed by atoms with Crippen LogP contribution in [0.5, 0.6) is 0 Å². The Kier molecular flexibility index (Phi) is 7.94. The van der Waals surface area contributed by atoms with E-state index in [2.05, 4.69) is 146 Å². The van der Waals surface area contributed by atoms with E-state index in [1.54, 1.807) is 12.1 Å². The zero-order chi connectivity index (χ0) is 38.5. The summed E-state index contributed by atoms with van der Waals surface area (Å²) in [6.07, 6.45) is 0. The van der Waals surface area contributed by atoms with Gasteiger partial charge in [-0.1, -0.05) is 127 Å². The summed E-state index contributed by atoms with van der Waals surface area (Å²) in [6.45, 7) is 0. The minimum atomic E-state index is 0.523. The van der Waals surface area contributed by atoms with Gasteiger partial charge in [0.2, 0.25) is 0 Å². The molecule has 4 nitrogen and oxygen atoms in total. The van der Waals surface area contributed by atoms with Gasteiger partial charge in [0.05, 0.1) is 45.5 Å². The topological polar surface area (TPSA) is 76.3 Å². The summed E-state index contributed by atoms with van der Waals surface area (Å²) in [7, 11) is 0. The van der Waals surface area contributed by atoms with Crippen LogP contribution in [0.15, 0.2) is 182 Å². The minimum Gasteiger partial charge on any atom is -0.308 e. The molecule has 1 heterocycles. The van der Waals surface area contributed by atoms with Crippen LogP contribution in [0.1, 0.15) is 16.7 Å². The largest absolute Gasteiger partial charge is 0.308 e. The van der Waals surface area contributed by atoms with E-state index in [1.807, 2.05) is 47.0 Å². The van der Waals surface area contributed by atoms with Crippen molar-refractivity contribution in [3.8, 4) is 68.4 Å². The molecule has 0 radical (unpaired) electrons. The Hall–Kier alpha value is -8.23. The molecule has 0 spiro atoms. The fraction of sp³-hybridized carbons (Fsp3) is 0. The summed E-state index contributed by atoms with van der Waals surface area (Å²) < 4.78 is 2.05. The first kappa shape index (κ1) is 33.3. The summed E-state index contributed by atoms with van der Waals surface area (Å²) in [4.78, 5) is 0. The minimum absolute atomic E-state index is 0.523. The third-order valence-corrected chi connectivity index (χ3v) is 11.1. The first-order chi connectivity index (χ1) is 28.1. The lowest BCUT2D eigenvalue weighted by Gasteiger charge is -2.18. The molecule has 0 saturated heterocycles. The van der Waals surface area contributed by atoms with Crippen LogP contribution in [0.4, 0.5) is 0 Å². The van der Waals surface area contributed by atoms with Crippen LogP contribution in [0, 0.1) is 34.0 Å². The third-order valence-electron chi connectivity index (χ3n) is 11.1. The lowest BCUT2D eigenvalue weighted by molar-refractivity contribution is 1.17. The van der Waals surface area contributed by atoms with Crippen LogP contribution in [0.3, 0.4) is 0 Å². The maximum Gasteiger partial charge on any atom is 0.101 e. The normalized spacial score (nSPS) is 11.1. The van der Waals surface area contributed by atoms with Crippen molar-refractivity contribution in [3.05, 3.63) is 199 Å². The van der Waals surface area contributed by atoms with Crippen molar-refractivity contribution in [2.45, 2.75) is 0 Å². The predicted octanol–water partition coefficient (Wildman–Crippen LogP) is 13.4. The molecule has 4 heteroatoms. The Bertz CT molecular complexity index is 3240. The molecule has 0 fully saturated rings. The van der Waals surface area contributed by atoms with Gasteiger partial charge in [0.15, 0.2) is 0 Å². The molecule has 0 atom stereocenters. The number of nitriles is 3. The van der Waals surface area contributed by atoms with Crippen molar-refractivity contribution in [3.63, 3.8) is 0 Å². The maximum absolute atomic E-state index is 10.5. The van der Waals surface area contributed by atoms with Crippen LogP contribution in [-0.4, -0.2) is 4.57 Å². The molecule has 10 aromatic rings. The summed E-state index contributed by atoms with van der Waals surface area (Å²) in [5, 5.41) is 36.3. The molecule has 262 valence electrons. The van der Waals surface area contributed by atoms with Gasteiger partial charge >= 0.3 is 0 Å². The van der Waals surface area contributed by atoms with Gasteiger partial charge in [-0.3, -0.25) is 0 Å². The fourth-order valence-corrected chi connectivity index (χ4v) is 8.49. The van der Waals surface area contributed by atoms with Crippen molar-refractivity contribution in [2.24, 2.45) is 0 Å². The predicted molar refractivity (Wildman–Crippen MR) is 232 cm³/mol. The van der Waals surface area contributed by atoms with Gasteiger partial charge < -0.3 is 4.57 Å². The van der Waals surface area contributed by atoms with E-state index in [-0.39, 0.29) is 0 Å². The molecule has 0 amide bonds. The highest BCUT2D eigenvalue weighted by atomic mass is 15.0. The smallest absolute Gasteiger partial charge is 0.101 e. The second-order valence-corrected chi connectivity index (χ2v) is 14.2. The van der Waals surface area contributed by atoms with Gasteiger partial charge in [-0.25, -0.2) is 0 Å². The first-order valence-corrected chi connectivity index (χ1v) is 18.8. The van der Waals surface area contributed by atoms with Crippen LogP contribution >= 0.6 is 0 Å². The second-order valence-electron chi connectivity index (χ2n) is 14.2. The van der Waals surface area contributed by atoms with Crippen molar-refractivity contribution in [1.82, 2.24) is 4.57 Å². The van der Waals surface area contributed by atoms with Gasteiger partial charge in [-0.2, -0.15) is 15.8 Å². The summed E-state index contributed by atoms with van der Waals surface area (Å²) >= 11 is 0. The number of benzene rings is 9. The molecule has 0 saturated carbocycles. The summed E-state index contributed by atoms with van der Waals surface area (Å²) in [6, 6.07) is 69.4. The average molecular weight is 723 g/mol. The third kappa shape index (κ3) is 5.51. The van der Waals surface area contributed by atoms with Crippen molar-refractivity contribution in [2.75, 3.05) is 0 Å². The molecule has 9 aromatic carbocycles. The second kappa shape index (κ2) is 13.6. The van der Waals surface area contributed by atoms with Crippen LogP contribution in [0.2, 0.25) is 0 Å². The van der Waals surface area contributed by atoms with Crippen molar-refractivity contribution >= 4 is 43.4 Å². The summed E-state index contributed by atoms with van der Waals surface area (Å²) in [5.41, 5.74) is 13.1. The molecule has 57 heavy (non-hydrogen) atoms. The summed E-state index contributed by atoms with van der Waals surface area (Å²) in [5.74, 6) is 0. The van der Waals surface area contributed by atoms with Crippen LogP contribution in [-0.2, 0) is 0 Å². The lowest BCUT2D eigenvalue weighted by atomic mass is 9.85.